The van der Waals surface area contributed by atoms with E-state index in [1.54, 1.807) is 36.3 Å². The van der Waals surface area contributed by atoms with Crippen molar-refractivity contribution in [2.45, 2.75) is 0 Å². The first kappa shape index (κ1) is 18.7. The molecule has 0 aliphatic heterocycles. The van der Waals surface area contributed by atoms with Crippen molar-refractivity contribution in [1.82, 2.24) is 9.13 Å². The van der Waals surface area contributed by atoms with E-state index in [1.807, 2.05) is 0 Å². The highest BCUT2D eigenvalue weighted by atomic mass is 35.5. The second kappa shape index (κ2) is 7.29. The monoisotopic (exact) mass is 406 g/mol. The summed E-state index contributed by atoms with van der Waals surface area (Å²) in [4.78, 5) is 36.2. The summed E-state index contributed by atoms with van der Waals surface area (Å²) in [6.07, 6.45) is 3.10. The van der Waals surface area contributed by atoms with E-state index in [9.17, 15) is 14.4 Å². The molecule has 0 radical (unpaired) electrons. The summed E-state index contributed by atoms with van der Waals surface area (Å²) in [5, 5.41) is 16.5. The van der Waals surface area contributed by atoms with Gasteiger partial charge in [-0.25, -0.2) is 4.79 Å². The number of carbonyl (C=O) groups is 3. The molecule has 3 rings (SSSR count). The minimum Gasteiger partial charge on any atom is -0.477 e. The number of thiophene rings is 1. The van der Waals surface area contributed by atoms with Gasteiger partial charge in [0.25, 0.3) is 11.8 Å². The van der Waals surface area contributed by atoms with Gasteiger partial charge in [0.2, 0.25) is 0 Å². The third-order valence-electron chi connectivity index (χ3n) is 3.80. The van der Waals surface area contributed by atoms with Crippen molar-refractivity contribution in [3.05, 3.63) is 57.3 Å². The van der Waals surface area contributed by atoms with Crippen LogP contribution in [-0.2, 0) is 14.1 Å². The summed E-state index contributed by atoms with van der Waals surface area (Å²) >= 11 is 7.17. The molecule has 0 spiro atoms. The zero-order valence-electron chi connectivity index (χ0n) is 14.3. The number of aromatic carboxylic acids is 1. The van der Waals surface area contributed by atoms with Gasteiger partial charge < -0.3 is 24.9 Å². The SMILES string of the molecule is Cn1cc(NC(=O)c2cc(NC(=O)c3sccc3Cl)cn2C)cc1C(=O)O. The standard InChI is InChI=1S/C17H15ClN4O4S/c1-21-7-9(20-16(24)14-11(18)3-4-27-14)5-12(21)15(23)19-10-6-13(17(25)26)22(2)8-10/h3-8H,1-2H3,(H,19,23)(H,20,24)(H,25,26). The number of nitrogens with one attached hydrogen (secondary N) is 2. The predicted molar refractivity (Wildman–Crippen MR) is 103 cm³/mol. The van der Waals surface area contributed by atoms with Crippen LogP contribution in [0.4, 0.5) is 11.4 Å². The largest absolute Gasteiger partial charge is 0.477 e. The maximum atomic E-state index is 12.5. The van der Waals surface area contributed by atoms with E-state index < -0.39 is 11.9 Å². The lowest BCUT2D eigenvalue weighted by Crippen LogP contribution is -2.14. The van der Waals surface area contributed by atoms with E-state index in [4.69, 9.17) is 16.7 Å². The highest BCUT2D eigenvalue weighted by Crippen LogP contribution is 2.24. The molecule has 0 aliphatic rings. The summed E-state index contributed by atoms with van der Waals surface area (Å²) in [5.41, 5.74) is 1.15. The molecular weight excluding hydrogens is 392 g/mol. The summed E-state index contributed by atoms with van der Waals surface area (Å²) in [6, 6.07) is 4.52. The molecule has 3 N–H and O–H groups in total. The van der Waals surface area contributed by atoms with Gasteiger partial charge in [-0.1, -0.05) is 11.6 Å². The van der Waals surface area contributed by atoms with Crippen molar-refractivity contribution in [1.29, 1.82) is 0 Å². The first-order valence-electron chi connectivity index (χ1n) is 7.68. The predicted octanol–water partition coefficient (Wildman–Crippen LogP) is 3.28. The van der Waals surface area contributed by atoms with E-state index in [-0.39, 0.29) is 11.6 Å². The third kappa shape index (κ3) is 3.88. The Labute approximate surface area is 163 Å². The van der Waals surface area contributed by atoms with Gasteiger partial charge in [0.15, 0.2) is 0 Å². The number of aromatic nitrogens is 2. The molecular formula is C17H15ClN4O4S. The lowest BCUT2D eigenvalue weighted by atomic mass is 10.3. The van der Waals surface area contributed by atoms with E-state index in [1.165, 1.54) is 34.2 Å². The molecule has 27 heavy (non-hydrogen) atoms. The normalized spacial score (nSPS) is 10.6. The average molecular weight is 407 g/mol. The van der Waals surface area contributed by atoms with Crippen LogP contribution in [0.3, 0.4) is 0 Å². The molecule has 140 valence electrons. The first-order chi connectivity index (χ1) is 12.8. The lowest BCUT2D eigenvalue weighted by Gasteiger charge is -2.03. The fraction of sp³-hybridized carbons (Fsp3) is 0.118. The number of hydrogen-bond donors (Lipinski definition) is 3. The van der Waals surface area contributed by atoms with Crippen molar-refractivity contribution in [2.24, 2.45) is 14.1 Å². The molecule has 3 heterocycles. The van der Waals surface area contributed by atoms with Crippen molar-refractivity contribution in [2.75, 3.05) is 10.6 Å². The molecule has 0 saturated heterocycles. The maximum absolute atomic E-state index is 12.5. The Morgan fingerprint density at radius 3 is 2.07 bits per heavy atom. The molecule has 0 aromatic carbocycles. The van der Waals surface area contributed by atoms with Crippen molar-refractivity contribution < 1.29 is 19.5 Å². The minimum absolute atomic E-state index is 0.0537. The molecule has 0 fully saturated rings. The fourth-order valence-electron chi connectivity index (χ4n) is 2.54. The number of halogens is 1. The molecule has 0 saturated carbocycles. The molecule has 0 unspecified atom stereocenters. The molecule has 0 atom stereocenters. The fourth-order valence-corrected chi connectivity index (χ4v) is 3.58. The topological polar surface area (TPSA) is 105 Å². The van der Waals surface area contributed by atoms with Crippen LogP contribution in [0.1, 0.15) is 30.6 Å². The molecule has 10 heteroatoms. The number of hydrogen-bond acceptors (Lipinski definition) is 4. The van der Waals surface area contributed by atoms with Crippen molar-refractivity contribution >= 4 is 52.1 Å². The Morgan fingerprint density at radius 2 is 1.56 bits per heavy atom. The van der Waals surface area contributed by atoms with Gasteiger partial charge in [0, 0.05) is 26.5 Å². The Hall–Kier alpha value is -3.04. The van der Waals surface area contributed by atoms with Crippen LogP contribution in [0.2, 0.25) is 5.02 Å². The number of amides is 2. The summed E-state index contributed by atoms with van der Waals surface area (Å²) in [5.74, 6) is -1.88. The van der Waals surface area contributed by atoms with Gasteiger partial charge in [0.1, 0.15) is 16.3 Å². The van der Waals surface area contributed by atoms with Crippen molar-refractivity contribution in [3.8, 4) is 0 Å². The van der Waals surface area contributed by atoms with Crippen LogP contribution in [-0.4, -0.2) is 32.0 Å². The Kier molecular flexibility index (Phi) is 5.06. The number of nitrogens with zero attached hydrogens (tertiary/aromatic N) is 2. The molecule has 0 aliphatic carbocycles. The lowest BCUT2D eigenvalue weighted by molar-refractivity contribution is 0.0686. The van der Waals surface area contributed by atoms with E-state index >= 15 is 0 Å². The Balaban J connectivity index is 1.75. The number of carboxylic acids is 1. The van der Waals surface area contributed by atoms with Crippen LogP contribution in [0, 0.1) is 0 Å². The van der Waals surface area contributed by atoms with Gasteiger partial charge in [-0.15, -0.1) is 11.3 Å². The Morgan fingerprint density at radius 1 is 1.00 bits per heavy atom. The smallest absolute Gasteiger partial charge is 0.352 e. The summed E-state index contributed by atoms with van der Waals surface area (Å²) in [6.45, 7) is 0. The summed E-state index contributed by atoms with van der Waals surface area (Å²) < 4.78 is 2.96. The number of carboxylic acid groups (broad SMARTS) is 1. The maximum Gasteiger partial charge on any atom is 0.352 e. The van der Waals surface area contributed by atoms with Crippen LogP contribution in [0.5, 0.6) is 0 Å². The second-order valence-corrected chi connectivity index (χ2v) is 7.08. The highest BCUT2D eigenvalue weighted by Gasteiger charge is 2.18. The van der Waals surface area contributed by atoms with E-state index in [2.05, 4.69) is 10.6 Å². The van der Waals surface area contributed by atoms with E-state index in [0.717, 1.165) is 0 Å². The first-order valence-corrected chi connectivity index (χ1v) is 8.93. The van der Waals surface area contributed by atoms with Gasteiger partial charge in [-0.3, -0.25) is 9.59 Å². The molecule has 3 aromatic heterocycles. The third-order valence-corrected chi connectivity index (χ3v) is 5.14. The number of carbonyl (C=O) groups excluding carboxylic acids is 2. The van der Waals surface area contributed by atoms with Crippen molar-refractivity contribution in [3.63, 3.8) is 0 Å². The van der Waals surface area contributed by atoms with Crippen LogP contribution < -0.4 is 10.6 Å². The highest BCUT2D eigenvalue weighted by molar-refractivity contribution is 7.12. The van der Waals surface area contributed by atoms with Gasteiger partial charge in [0.05, 0.1) is 16.4 Å². The molecule has 3 aromatic rings. The zero-order chi connectivity index (χ0) is 19.7. The van der Waals surface area contributed by atoms with Gasteiger partial charge in [-0.2, -0.15) is 0 Å². The Bertz CT molecular complexity index is 1050. The van der Waals surface area contributed by atoms with Crippen LogP contribution in [0.25, 0.3) is 0 Å². The van der Waals surface area contributed by atoms with E-state index in [0.29, 0.717) is 27.0 Å². The quantitative estimate of drug-likeness (QED) is 0.604. The van der Waals surface area contributed by atoms with Crippen LogP contribution in [0.15, 0.2) is 36.0 Å². The molecule has 2 amide bonds. The zero-order valence-corrected chi connectivity index (χ0v) is 15.9. The molecule has 8 nitrogen and oxygen atoms in total. The summed E-state index contributed by atoms with van der Waals surface area (Å²) in [7, 11) is 3.24. The minimum atomic E-state index is -1.09. The number of anilines is 2. The van der Waals surface area contributed by atoms with Gasteiger partial charge in [-0.05, 0) is 23.6 Å². The molecule has 0 bridgehead atoms. The average Bonchev–Trinajstić information content (AvgIpc) is 3.26. The second-order valence-electron chi connectivity index (χ2n) is 5.76. The van der Waals surface area contributed by atoms with Crippen LogP contribution >= 0.6 is 22.9 Å². The number of rotatable bonds is 5. The number of aryl methyl sites for hydroxylation is 2. The van der Waals surface area contributed by atoms with Gasteiger partial charge >= 0.3 is 5.97 Å².